The Morgan fingerprint density at radius 2 is 2.07 bits per heavy atom. The van der Waals surface area contributed by atoms with Crippen molar-refractivity contribution in [3.05, 3.63) is 29.3 Å². The molecule has 0 aliphatic carbocycles. The monoisotopic (exact) mass is 202 g/mol. The third kappa shape index (κ3) is 2.42. The Labute approximate surface area is 81.1 Å². The van der Waals surface area contributed by atoms with Gasteiger partial charge in [0.05, 0.1) is 6.61 Å². The standard InChI is InChI=1S/C10H12F2O2/c1-6(5-13)14-10-4-8(11)3-9(12)7(10)2/h3-4,6,13H,5H2,1-2H3. The van der Waals surface area contributed by atoms with E-state index < -0.39 is 17.7 Å². The second kappa shape index (κ2) is 4.37. The Hall–Kier alpha value is -1.16. The van der Waals surface area contributed by atoms with Crippen molar-refractivity contribution in [2.24, 2.45) is 0 Å². The van der Waals surface area contributed by atoms with E-state index in [2.05, 4.69) is 0 Å². The highest BCUT2D eigenvalue weighted by atomic mass is 19.1. The van der Waals surface area contributed by atoms with E-state index in [-0.39, 0.29) is 17.9 Å². The zero-order valence-electron chi connectivity index (χ0n) is 8.05. The Morgan fingerprint density at radius 3 is 2.64 bits per heavy atom. The van der Waals surface area contributed by atoms with Crippen molar-refractivity contribution in [3.63, 3.8) is 0 Å². The van der Waals surface area contributed by atoms with Gasteiger partial charge in [0, 0.05) is 17.7 Å². The molecule has 1 atom stereocenters. The number of aliphatic hydroxyl groups excluding tert-OH is 1. The van der Waals surface area contributed by atoms with Crippen LogP contribution in [0.1, 0.15) is 12.5 Å². The van der Waals surface area contributed by atoms with Gasteiger partial charge in [0.2, 0.25) is 0 Å². The van der Waals surface area contributed by atoms with Gasteiger partial charge in [-0.05, 0) is 13.8 Å². The van der Waals surface area contributed by atoms with Crippen LogP contribution in [0.25, 0.3) is 0 Å². The van der Waals surface area contributed by atoms with Crippen LogP contribution in [0.2, 0.25) is 0 Å². The molecular formula is C10H12F2O2. The van der Waals surface area contributed by atoms with E-state index in [1.165, 1.54) is 6.92 Å². The average molecular weight is 202 g/mol. The number of aliphatic hydroxyl groups is 1. The van der Waals surface area contributed by atoms with E-state index in [4.69, 9.17) is 9.84 Å². The lowest BCUT2D eigenvalue weighted by atomic mass is 10.2. The van der Waals surface area contributed by atoms with E-state index in [0.29, 0.717) is 0 Å². The minimum absolute atomic E-state index is 0.129. The molecule has 1 rings (SSSR count). The molecule has 1 aromatic rings. The molecule has 0 aromatic heterocycles. The van der Waals surface area contributed by atoms with Gasteiger partial charge in [-0.15, -0.1) is 0 Å². The van der Waals surface area contributed by atoms with Crippen LogP contribution >= 0.6 is 0 Å². The first-order chi connectivity index (χ1) is 6.54. The zero-order chi connectivity index (χ0) is 10.7. The van der Waals surface area contributed by atoms with Crippen molar-refractivity contribution in [1.29, 1.82) is 0 Å². The summed E-state index contributed by atoms with van der Waals surface area (Å²) in [5.41, 5.74) is 0.242. The lowest BCUT2D eigenvalue weighted by Gasteiger charge is -2.14. The van der Waals surface area contributed by atoms with Gasteiger partial charge in [0.15, 0.2) is 0 Å². The van der Waals surface area contributed by atoms with Gasteiger partial charge in [-0.1, -0.05) is 0 Å². The molecule has 1 N–H and O–H groups in total. The normalized spacial score (nSPS) is 12.6. The van der Waals surface area contributed by atoms with Gasteiger partial charge >= 0.3 is 0 Å². The summed E-state index contributed by atoms with van der Waals surface area (Å²) in [4.78, 5) is 0. The van der Waals surface area contributed by atoms with Crippen LogP contribution in [0.5, 0.6) is 5.75 Å². The van der Waals surface area contributed by atoms with Crippen molar-refractivity contribution >= 4 is 0 Å². The molecule has 14 heavy (non-hydrogen) atoms. The topological polar surface area (TPSA) is 29.5 Å². The third-order valence-electron chi connectivity index (χ3n) is 1.85. The fourth-order valence-corrected chi connectivity index (χ4v) is 0.999. The molecule has 0 saturated carbocycles. The lowest BCUT2D eigenvalue weighted by molar-refractivity contribution is 0.128. The highest BCUT2D eigenvalue weighted by Gasteiger charge is 2.10. The highest BCUT2D eigenvalue weighted by Crippen LogP contribution is 2.23. The van der Waals surface area contributed by atoms with Crippen LogP contribution in [0, 0.1) is 18.6 Å². The van der Waals surface area contributed by atoms with Gasteiger partial charge in [0.1, 0.15) is 23.5 Å². The third-order valence-corrected chi connectivity index (χ3v) is 1.85. The fraction of sp³-hybridized carbons (Fsp3) is 0.400. The smallest absolute Gasteiger partial charge is 0.132 e. The van der Waals surface area contributed by atoms with Crippen LogP contribution in [-0.2, 0) is 0 Å². The van der Waals surface area contributed by atoms with Crippen molar-refractivity contribution in [3.8, 4) is 5.75 Å². The van der Waals surface area contributed by atoms with E-state index in [1.807, 2.05) is 0 Å². The first-order valence-electron chi connectivity index (χ1n) is 4.27. The molecule has 0 bridgehead atoms. The molecule has 4 heteroatoms. The largest absolute Gasteiger partial charge is 0.488 e. The molecule has 0 fully saturated rings. The van der Waals surface area contributed by atoms with Crippen molar-refractivity contribution < 1.29 is 18.6 Å². The summed E-state index contributed by atoms with van der Waals surface area (Å²) >= 11 is 0. The predicted molar refractivity (Wildman–Crippen MR) is 48.3 cm³/mol. The maximum absolute atomic E-state index is 13.0. The lowest BCUT2D eigenvalue weighted by Crippen LogP contribution is -2.17. The maximum atomic E-state index is 13.0. The first-order valence-corrected chi connectivity index (χ1v) is 4.27. The van der Waals surface area contributed by atoms with E-state index in [1.54, 1.807) is 6.92 Å². The number of halogens is 2. The maximum Gasteiger partial charge on any atom is 0.132 e. The highest BCUT2D eigenvalue weighted by molar-refractivity contribution is 5.34. The molecule has 2 nitrogen and oxygen atoms in total. The van der Waals surface area contributed by atoms with Crippen LogP contribution in [0.3, 0.4) is 0 Å². The molecule has 0 heterocycles. The van der Waals surface area contributed by atoms with Gasteiger partial charge in [0.25, 0.3) is 0 Å². The Balaban J connectivity index is 2.96. The summed E-state index contributed by atoms with van der Waals surface area (Å²) in [6, 6.07) is 1.90. The number of ether oxygens (including phenoxy) is 1. The van der Waals surface area contributed by atoms with Gasteiger partial charge in [-0.2, -0.15) is 0 Å². The number of rotatable bonds is 3. The average Bonchev–Trinajstić information content (AvgIpc) is 2.13. The second-order valence-electron chi connectivity index (χ2n) is 3.12. The van der Waals surface area contributed by atoms with Gasteiger partial charge < -0.3 is 9.84 Å². The summed E-state index contributed by atoms with van der Waals surface area (Å²) in [5, 5.41) is 8.71. The van der Waals surface area contributed by atoms with Crippen LogP contribution < -0.4 is 4.74 Å². The zero-order valence-corrected chi connectivity index (χ0v) is 8.05. The minimum Gasteiger partial charge on any atom is -0.488 e. The molecular weight excluding hydrogens is 190 g/mol. The van der Waals surface area contributed by atoms with Crippen LogP contribution in [0.4, 0.5) is 8.78 Å². The summed E-state index contributed by atoms with van der Waals surface area (Å²) < 4.78 is 30.9. The molecule has 0 saturated heterocycles. The molecule has 0 amide bonds. The molecule has 1 aromatic carbocycles. The predicted octanol–water partition coefficient (Wildman–Crippen LogP) is 2.03. The molecule has 0 spiro atoms. The molecule has 0 aliphatic heterocycles. The molecule has 0 aliphatic rings. The Kier molecular flexibility index (Phi) is 3.41. The number of hydrogen-bond acceptors (Lipinski definition) is 2. The fourth-order valence-electron chi connectivity index (χ4n) is 0.999. The molecule has 1 unspecified atom stereocenters. The van der Waals surface area contributed by atoms with Crippen molar-refractivity contribution in [2.75, 3.05) is 6.61 Å². The van der Waals surface area contributed by atoms with E-state index >= 15 is 0 Å². The summed E-state index contributed by atoms with van der Waals surface area (Å²) in [6.45, 7) is 2.91. The first kappa shape index (κ1) is 10.9. The quantitative estimate of drug-likeness (QED) is 0.812. The second-order valence-corrected chi connectivity index (χ2v) is 3.12. The van der Waals surface area contributed by atoms with E-state index in [9.17, 15) is 8.78 Å². The Morgan fingerprint density at radius 1 is 1.43 bits per heavy atom. The summed E-state index contributed by atoms with van der Waals surface area (Å²) in [7, 11) is 0. The van der Waals surface area contributed by atoms with Crippen LogP contribution in [0.15, 0.2) is 12.1 Å². The van der Waals surface area contributed by atoms with Crippen molar-refractivity contribution in [2.45, 2.75) is 20.0 Å². The van der Waals surface area contributed by atoms with Gasteiger partial charge in [-0.25, -0.2) is 8.78 Å². The van der Waals surface area contributed by atoms with Crippen LogP contribution in [-0.4, -0.2) is 17.8 Å². The molecule has 0 radical (unpaired) electrons. The number of benzene rings is 1. The SMILES string of the molecule is Cc1c(F)cc(F)cc1OC(C)CO. The van der Waals surface area contributed by atoms with Crippen molar-refractivity contribution in [1.82, 2.24) is 0 Å². The van der Waals surface area contributed by atoms with Gasteiger partial charge in [-0.3, -0.25) is 0 Å². The Bertz CT molecular complexity index is 326. The summed E-state index contributed by atoms with van der Waals surface area (Å²) in [5.74, 6) is -1.21. The van der Waals surface area contributed by atoms with E-state index in [0.717, 1.165) is 12.1 Å². The summed E-state index contributed by atoms with van der Waals surface area (Å²) in [6.07, 6.45) is -0.477. The molecule has 78 valence electrons. The number of hydrogen-bond donors (Lipinski definition) is 1. The minimum atomic E-state index is -0.687.